The van der Waals surface area contributed by atoms with Crippen molar-refractivity contribution in [3.63, 3.8) is 0 Å². The fraction of sp³-hybridized carbons (Fsp3) is 0.0909. The van der Waals surface area contributed by atoms with Gasteiger partial charge in [0.15, 0.2) is 0 Å². The molecule has 0 fully saturated rings. The molecule has 5 rings (SSSR count). The number of hydrogen-bond acceptors (Lipinski definition) is 5. The van der Waals surface area contributed by atoms with Crippen molar-refractivity contribution in [2.75, 3.05) is 5.32 Å². The Balaban J connectivity index is 1.62. The number of amides is 1. The van der Waals surface area contributed by atoms with E-state index < -0.39 is 0 Å². The second kappa shape index (κ2) is 7.23. The highest BCUT2D eigenvalue weighted by molar-refractivity contribution is 7.13. The lowest BCUT2D eigenvalue weighted by atomic mass is 10.1. The first-order valence-corrected chi connectivity index (χ1v) is 10.2. The number of nitrogens with one attached hydrogen (secondary N) is 1. The Morgan fingerprint density at radius 1 is 1.07 bits per heavy atom. The minimum absolute atomic E-state index is 0.117. The SMILES string of the molecule is CC(=O)Nc1cc(-c2nccs2)cc(-n2cnc3cc(-c4cnn(C)c4)ccc32)c1. The van der Waals surface area contributed by atoms with Gasteiger partial charge in [-0.05, 0) is 35.9 Å². The van der Waals surface area contributed by atoms with Gasteiger partial charge in [-0.15, -0.1) is 11.3 Å². The summed E-state index contributed by atoms with van der Waals surface area (Å²) in [7, 11) is 1.90. The van der Waals surface area contributed by atoms with Crippen molar-refractivity contribution in [2.24, 2.45) is 7.05 Å². The number of anilines is 1. The molecule has 0 radical (unpaired) electrons. The minimum atomic E-state index is -0.117. The average Bonchev–Trinajstić information content (AvgIpc) is 3.47. The van der Waals surface area contributed by atoms with Gasteiger partial charge in [0.05, 0.1) is 17.2 Å². The molecule has 8 heteroatoms. The van der Waals surface area contributed by atoms with Gasteiger partial charge in [-0.3, -0.25) is 14.0 Å². The Morgan fingerprint density at radius 3 is 2.70 bits per heavy atom. The second-order valence-electron chi connectivity index (χ2n) is 7.01. The van der Waals surface area contributed by atoms with E-state index in [0.29, 0.717) is 0 Å². The molecule has 0 saturated heterocycles. The summed E-state index contributed by atoms with van der Waals surface area (Å²) >= 11 is 1.56. The van der Waals surface area contributed by atoms with Crippen LogP contribution in [0.3, 0.4) is 0 Å². The van der Waals surface area contributed by atoms with E-state index in [9.17, 15) is 4.79 Å². The molecule has 1 amide bonds. The van der Waals surface area contributed by atoms with E-state index >= 15 is 0 Å². The van der Waals surface area contributed by atoms with Crippen molar-refractivity contribution >= 4 is 34.0 Å². The van der Waals surface area contributed by atoms with Crippen LogP contribution in [0, 0.1) is 0 Å². The summed E-state index contributed by atoms with van der Waals surface area (Å²) in [5.74, 6) is -0.117. The molecule has 0 aliphatic heterocycles. The summed E-state index contributed by atoms with van der Waals surface area (Å²) in [5.41, 5.74) is 6.55. The molecule has 0 atom stereocenters. The van der Waals surface area contributed by atoms with Gasteiger partial charge in [0.25, 0.3) is 0 Å². The molecule has 0 bridgehead atoms. The quantitative estimate of drug-likeness (QED) is 0.469. The molecule has 1 N–H and O–H groups in total. The van der Waals surface area contributed by atoms with E-state index in [0.717, 1.165) is 44.1 Å². The average molecular weight is 414 g/mol. The van der Waals surface area contributed by atoms with Crippen molar-refractivity contribution in [2.45, 2.75) is 6.92 Å². The monoisotopic (exact) mass is 414 g/mol. The van der Waals surface area contributed by atoms with Crippen molar-refractivity contribution in [1.82, 2.24) is 24.3 Å². The number of nitrogens with zero attached hydrogens (tertiary/aromatic N) is 5. The molecule has 3 heterocycles. The smallest absolute Gasteiger partial charge is 0.221 e. The summed E-state index contributed by atoms with van der Waals surface area (Å²) < 4.78 is 3.80. The molecule has 0 spiro atoms. The Kier molecular flexibility index (Phi) is 4.40. The number of benzene rings is 2. The van der Waals surface area contributed by atoms with Gasteiger partial charge in [-0.1, -0.05) is 6.07 Å². The molecule has 5 aromatic rings. The van der Waals surface area contributed by atoms with Crippen LogP contribution in [0.15, 0.2) is 66.7 Å². The highest BCUT2D eigenvalue weighted by atomic mass is 32.1. The zero-order valence-electron chi connectivity index (χ0n) is 16.4. The van der Waals surface area contributed by atoms with Crippen molar-refractivity contribution < 1.29 is 4.79 Å². The molecule has 0 aliphatic carbocycles. The van der Waals surface area contributed by atoms with Crippen LogP contribution in [0.1, 0.15) is 6.92 Å². The molecule has 3 aromatic heterocycles. The zero-order valence-corrected chi connectivity index (χ0v) is 17.2. The van der Waals surface area contributed by atoms with Crippen molar-refractivity contribution in [3.8, 4) is 27.4 Å². The van der Waals surface area contributed by atoms with Crippen LogP contribution in [0.25, 0.3) is 38.4 Å². The van der Waals surface area contributed by atoms with E-state index in [1.165, 1.54) is 6.92 Å². The van der Waals surface area contributed by atoms with Crippen LogP contribution in [0.4, 0.5) is 5.69 Å². The molecular formula is C22H18N6OS. The van der Waals surface area contributed by atoms with E-state index in [4.69, 9.17) is 0 Å². The van der Waals surface area contributed by atoms with Gasteiger partial charge in [0, 0.05) is 54.2 Å². The lowest BCUT2D eigenvalue weighted by Gasteiger charge is -2.11. The largest absolute Gasteiger partial charge is 0.326 e. The summed E-state index contributed by atoms with van der Waals surface area (Å²) in [4.78, 5) is 20.7. The molecule has 2 aromatic carbocycles. The number of rotatable bonds is 4. The van der Waals surface area contributed by atoms with Gasteiger partial charge in [-0.2, -0.15) is 5.10 Å². The number of carbonyl (C=O) groups excluding carboxylic acids is 1. The van der Waals surface area contributed by atoms with Gasteiger partial charge in [0.2, 0.25) is 5.91 Å². The van der Waals surface area contributed by atoms with Crippen LogP contribution in [-0.4, -0.2) is 30.2 Å². The summed E-state index contributed by atoms with van der Waals surface area (Å²) in [6.45, 7) is 1.50. The van der Waals surface area contributed by atoms with Gasteiger partial charge in [-0.25, -0.2) is 9.97 Å². The van der Waals surface area contributed by atoms with Gasteiger partial charge in [0.1, 0.15) is 11.3 Å². The maximum absolute atomic E-state index is 11.6. The van der Waals surface area contributed by atoms with Crippen LogP contribution in [0.2, 0.25) is 0 Å². The number of aryl methyl sites for hydroxylation is 1. The number of fused-ring (bicyclic) bond motifs is 1. The fourth-order valence-electron chi connectivity index (χ4n) is 3.48. The number of carbonyl (C=O) groups is 1. The molecular weight excluding hydrogens is 396 g/mol. The van der Waals surface area contributed by atoms with E-state index in [1.54, 1.807) is 28.5 Å². The first kappa shape index (κ1) is 18.3. The number of aromatic nitrogens is 5. The van der Waals surface area contributed by atoms with Crippen LogP contribution < -0.4 is 5.32 Å². The Morgan fingerprint density at radius 2 is 1.97 bits per heavy atom. The number of imidazole rings is 1. The number of thiazole rings is 1. The van der Waals surface area contributed by atoms with E-state index in [2.05, 4.69) is 44.6 Å². The minimum Gasteiger partial charge on any atom is -0.326 e. The third kappa shape index (κ3) is 3.37. The standard InChI is InChI=1S/C22H18N6OS/c1-14(29)26-18-7-16(22-23-5-6-30-22)8-19(10-18)28-13-24-20-9-15(3-4-21(20)28)17-11-25-27(2)12-17/h3-13H,1-2H3,(H,26,29). The van der Waals surface area contributed by atoms with Gasteiger partial charge < -0.3 is 5.32 Å². The topological polar surface area (TPSA) is 77.6 Å². The van der Waals surface area contributed by atoms with Gasteiger partial charge >= 0.3 is 0 Å². The van der Waals surface area contributed by atoms with Crippen molar-refractivity contribution in [3.05, 3.63) is 66.7 Å². The normalized spacial score (nSPS) is 11.1. The van der Waals surface area contributed by atoms with Crippen LogP contribution >= 0.6 is 11.3 Å². The predicted octanol–water partition coefficient (Wildman–Crippen LogP) is 4.51. The highest BCUT2D eigenvalue weighted by Crippen LogP contribution is 2.31. The lowest BCUT2D eigenvalue weighted by Crippen LogP contribution is -2.06. The van der Waals surface area contributed by atoms with Crippen molar-refractivity contribution in [1.29, 1.82) is 0 Å². The van der Waals surface area contributed by atoms with Crippen LogP contribution in [-0.2, 0) is 11.8 Å². The maximum atomic E-state index is 11.6. The molecule has 148 valence electrons. The molecule has 0 unspecified atom stereocenters. The number of hydrogen-bond donors (Lipinski definition) is 1. The maximum Gasteiger partial charge on any atom is 0.221 e. The fourth-order valence-corrected chi connectivity index (χ4v) is 4.11. The highest BCUT2D eigenvalue weighted by Gasteiger charge is 2.12. The Hall–Kier alpha value is -3.78. The predicted molar refractivity (Wildman–Crippen MR) is 119 cm³/mol. The molecule has 7 nitrogen and oxygen atoms in total. The molecule has 0 saturated carbocycles. The lowest BCUT2D eigenvalue weighted by molar-refractivity contribution is -0.114. The summed E-state index contributed by atoms with van der Waals surface area (Å²) in [6, 6.07) is 12.1. The Labute approximate surface area is 176 Å². The van der Waals surface area contributed by atoms with E-state index in [-0.39, 0.29) is 5.91 Å². The molecule has 30 heavy (non-hydrogen) atoms. The van der Waals surface area contributed by atoms with E-state index in [1.807, 2.05) is 41.5 Å². The second-order valence-corrected chi connectivity index (χ2v) is 7.90. The first-order chi connectivity index (χ1) is 14.6. The first-order valence-electron chi connectivity index (χ1n) is 9.36. The Bertz CT molecular complexity index is 1370. The molecule has 0 aliphatic rings. The summed E-state index contributed by atoms with van der Waals surface area (Å²) in [5, 5.41) is 9.96. The zero-order chi connectivity index (χ0) is 20.7. The third-order valence-corrected chi connectivity index (χ3v) is 5.60. The third-order valence-electron chi connectivity index (χ3n) is 4.78. The van der Waals surface area contributed by atoms with Crippen LogP contribution in [0.5, 0.6) is 0 Å². The summed E-state index contributed by atoms with van der Waals surface area (Å²) in [6.07, 6.45) is 7.40.